The van der Waals surface area contributed by atoms with Gasteiger partial charge >= 0.3 is 0 Å². The van der Waals surface area contributed by atoms with E-state index >= 15 is 0 Å². The first-order valence-electron chi connectivity index (χ1n) is 3.31. The summed E-state index contributed by atoms with van der Waals surface area (Å²) in [7, 11) is 0. The Morgan fingerprint density at radius 1 is 1.42 bits per heavy atom. The molecule has 0 atom stereocenters. The molecule has 0 saturated carbocycles. The van der Waals surface area contributed by atoms with E-state index in [1.807, 2.05) is 18.2 Å². The number of rotatable bonds is 2. The van der Waals surface area contributed by atoms with E-state index in [-0.39, 0.29) is 0 Å². The lowest BCUT2D eigenvalue weighted by Crippen LogP contribution is -1.76. The van der Waals surface area contributed by atoms with Crippen molar-refractivity contribution < 1.29 is 4.79 Å². The topological polar surface area (TPSA) is 17.1 Å². The molecule has 62 valence electrons. The van der Waals surface area contributed by atoms with Crippen LogP contribution in [0.2, 0.25) is 5.02 Å². The second-order valence-electron chi connectivity index (χ2n) is 2.17. The number of carbonyl (C=O) groups excluding carboxylic acids is 1. The van der Waals surface area contributed by atoms with Gasteiger partial charge in [-0.2, -0.15) is 0 Å². The lowest BCUT2D eigenvalue weighted by Gasteiger charge is -1.95. The van der Waals surface area contributed by atoms with Crippen molar-refractivity contribution in [3.05, 3.63) is 39.3 Å². The Kier molecular flexibility index (Phi) is 3.50. The summed E-state index contributed by atoms with van der Waals surface area (Å²) in [5.74, 6) is 0. The number of hydrogen-bond acceptors (Lipinski definition) is 1. The van der Waals surface area contributed by atoms with Gasteiger partial charge in [0.15, 0.2) is 6.29 Å². The monoisotopic (exact) mass is 244 g/mol. The summed E-state index contributed by atoms with van der Waals surface area (Å²) >= 11 is 8.93. The third-order valence-corrected chi connectivity index (χ3v) is 2.07. The molecule has 1 nitrogen and oxygen atoms in total. The van der Waals surface area contributed by atoms with E-state index in [0.29, 0.717) is 9.51 Å². The lowest BCUT2D eigenvalue weighted by atomic mass is 10.2. The number of benzene rings is 1. The lowest BCUT2D eigenvalue weighted by molar-refractivity contribution is -0.104. The van der Waals surface area contributed by atoms with Crippen LogP contribution in [0.3, 0.4) is 0 Å². The molecule has 0 aliphatic heterocycles. The molecule has 0 unspecified atom stereocenters. The van der Waals surface area contributed by atoms with Gasteiger partial charge in [0.1, 0.15) is 0 Å². The Morgan fingerprint density at radius 2 is 2.08 bits per heavy atom. The van der Waals surface area contributed by atoms with Crippen LogP contribution < -0.4 is 0 Å². The summed E-state index contributed by atoms with van der Waals surface area (Å²) in [5.41, 5.74) is 0.832. The van der Waals surface area contributed by atoms with Gasteiger partial charge in [0.05, 0.1) is 4.48 Å². The molecule has 12 heavy (non-hydrogen) atoms. The molecular weight excluding hydrogens is 239 g/mol. The highest BCUT2D eigenvalue weighted by molar-refractivity contribution is 9.12. The maximum Gasteiger partial charge on any atom is 0.157 e. The van der Waals surface area contributed by atoms with Crippen LogP contribution in [0.4, 0.5) is 0 Å². The standard InChI is InChI=1S/C9H6BrClO/c10-8(6-12)5-7-3-1-2-4-9(7)11/h1-6H/b8-5-. The molecule has 0 aromatic heterocycles. The van der Waals surface area contributed by atoms with Crippen molar-refractivity contribution in [3.63, 3.8) is 0 Å². The van der Waals surface area contributed by atoms with Crippen molar-refractivity contribution in [3.8, 4) is 0 Å². The van der Waals surface area contributed by atoms with Gasteiger partial charge in [0.25, 0.3) is 0 Å². The van der Waals surface area contributed by atoms with Crippen LogP contribution in [0.25, 0.3) is 6.08 Å². The predicted octanol–water partition coefficient (Wildman–Crippen LogP) is 3.27. The highest BCUT2D eigenvalue weighted by Gasteiger charge is 1.95. The molecule has 0 spiro atoms. The molecule has 3 heteroatoms. The van der Waals surface area contributed by atoms with Crippen molar-refractivity contribution >= 4 is 39.9 Å². The molecule has 0 bridgehead atoms. The SMILES string of the molecule is O=C/C(Br)=C/c1ccccc1Cl. The van der Waals surface area contributed by atoms with E-state index < -0.39 is 0 Å². The first-order valence-corrected chi connectivity index (χ1v) is 4.48. The van der Waals surface area contributed by atoms with Gasteiger partial charge in [0.2, 0.25) is 0 Å². The average Bonchev–Trinajstić information content (AvgIpc) is 2.09. The number of allylic oxidation sites excluding steroid dienone is 1. The molecule has 1 rings (SSSR count). The average molecular weight is 246 g/mol. The molecule has 0 N–H and O–H groups in total. The van der Waals surface area contributed by atoms with E-state index in [1.54, 1.807) is 12.1 Å². The summed E-state index contributed by atoms with van der Waals surface area (Å²) in [6, 6.07) is 7.32. The van der Waals surface area contributed by atoms with E-state index in [1.165, 1.54) is 0 Å². The van der Waals surface area contributed by atoms with Gasteiger partial charge in [0, 0.05) is 5.02 Å². The molecular formula is C9H6BrClO. The van der Waals surface area contributed by atoms with Gasteiger partial charge < -0.3 is 0 Å². The quantitative estimate of drug-likeness (QED) is 0.577. The fourth-order valence-electron chi connectivity index (χ4n) is 0.775. The van der Waals surface area contributed by atoms with Gasteiger partial charge in [-0.1, -0.05) is 29.8 Å². The van der Waals surface area contributed by atoms with Crippen LogP contribution in [-0.2, 0) is 4.79 Å². The Hall–Kier alpha value is -0.600. The third-order valence-electron chi connectivity index (χ3n) is 1.31. The van der Waals surface area contributed by atoms with Crippen molar-refractivity contribution in [2.24, 2.45) is 0 Å². The Balaban J connectivity index is 3.04. The maximum atomic E-state index is 10.3. The van der Waals surface area contributed by atoms with Crippen molar-refractivity contribution in [1.29, 1.82) is 0 Å². The zero-order valence-corrected chi connectivity index (χ0v) is 8.47. The fraction of sp³-hybridized carbons (Fsp3) is 0. The van der Waals surface area contributed by atoms with Crippen LogP contribution in [0, 0.1) is 0 Å². The van der Waals surface area contributed by atoms with Crippen LogP contribution in [-0.4, -0.2) is 6.29 Å². The van der Waals surface area contributed by atoms with Crippen molar-refractivity contribution in [2.75, 3.05) is 0 Å². The fourth-order valence-corrected chi connectivity index (χ4v) is 1.21. The second kappa shape index (κ2) is 4.43. The minimum absolute atomic E-state index is 0.482. The molecule has 0 amide bonds. The summed E-state index contributed by atoms with van der Waals surface area (Å²) < 4.78 is 0.482. The minimum Gasteiger partial charge on any atom is -0.297 e. The van der Waals surface area contributed by atoms with Crippen molar-refractivity contribution in [1.82, 2.24) is 0 Å². The highest BCUT2D eigenvalue weighted by atomic mass is 79.9. The van der Waals surface area contributed by atoms with Gasteiger partial charge in [-0.15, -0.1) is 0 Å². The highest BCUT2D eigenvalue weighted by Crippen LogP contribution is 2.19. The van der Waals surface area contributed by atoms with Crippen LogP contribution >= 0.6 is 27.5 Å². The Bertz CT molecular complexity index is 320. The van der Waals surface area contributed by atoms with Gasteiger partial charge in [-0.05, 0) is 33.6 Å². The largest absolute Gasteiger partial charge is 0.297 e. The zero-order chi connectivity index (χ0) is 8.97. The molecule has 0 heterocycles. The van der Waals surface area contributed by atoms with Gasteiger partial charge in [-0.25, -0.2) is 0 Å². The minimum atomic E-state index is 0.482. The maximum absolute atomic E-state index is 10.3. The molecule has 0 saturated heterocycles. The Labute approximate surface area is 84.2 Å². The third kappa shape index (κ3) is 2.47. The summed E-state index contributed by atoms with van der Waals surface area (Å²) in [6.07, 6.45) is 2.40. The molecule has 1 aromatic carbocycles. The van der Waals surface area contributed by atoms with Crippen molar-refractivity contribution in [2.45, 2.75) is 0 Å². The van der Waals surface area contributed by atoms with E-state index in [0.717, 1.165) is 11.8 Å². The summed E-state index contributed by atoms with van der Waals surface area (Å²) in [4.78, 5) is 10.3. The molecule has 1 aromatic rings. The summed E-state index contributed by atoms with van der Waals surface area (Å²) in [6.45, 7) is 0. The van der Waals surface area contributed by atoms with E-state index in [4.69, 9.17) is 11.6 Å². The number of carbonyl (C=O) groups is 1. The second-order valence-corrected chi connectivity index (χ2v) is 3.49. The number of aldehydes is 1. The number of hydrogen-bond donors (Lipinski definition) is 0. The van der Waals surface area contributed by atoms with E-state index in [2.05, 4.69) is 15.9 Å². The van der Waals surface area contributed by atoms with Crippen LogP contribution in [0.5, 0.6) is 0 Å². The Morgan fingerprint density at radius 3 is 2.67 bits per heavy atom. The smallest absolute Gasteiger partial charge is 0.157 e. The molecule has 0 aliphatic rings. The molecule has 0 aliphatic carbocycles. The van der Waals surface area contributed by atoms with Crippen LogP contribution in [0.1, 0.15) is 5.56 Å². The summed E-state index contributed by atoms with van der Waals surface area (Å²) in [5, 5.41) is 0.635. The molecule has 0 radical (unpaired) electrons. The van der Waals surface area contributed by atoms with Gasteiger partial charge in [-0.3, -0.25) is 4.79 Å². The number of halogens is 2. The predicted molar refractivity (Wildman–Crippen MR) is 54.4 cm³/mol. The van der Waals surface area contributed by atoms with E-state index in [9.17, 15) is 4.79 Å². The molecule has 0 fully saturated rings. The first kappa shape index (κ1) is 9.49. The van der Waals surface area contributed by atoms with Crippen LogP contribution in [0.15, 0.2) is 28.7 Å². The normalized spacial score (nSPS) is 11.3. The first-order chi connectivity index (χ1) is 5.74. The zero-order valence-electron chi connectivity index (χ0n) is 6.13.